The molecule has 0 radical (unpaired) electrons. The van der Waals surface area contributed by atoms with Gasteiger partial charge in [-0.2, -0.15) is 0 Å². The number of primary amides is 1. The molecule has 1 aromatic rings. The van der Waals surface area contributed by atoms with Gasteiger partial charge in [-0.25, -0.2) is 0 Å². The third-order valence-corrected chi connectivity index (χ3v) is 5.14. The van der Waals surface area contributed by atoms with Crippen LogP contribution < -0.4 is 5.73 Å². The van der Waals surface area contributed by atoms with E-state index in [4.69, 9.17) is 10.2 Å². The Bertz CT molecular complexity index is 527. The number of furan rings is 1. The first-order valence-corrected chi connectivity index (χ1v) is 8.48. The summed E-state index contributed by atoms with van der Waals surface area (Å²) >= 11 is 0. The zero-order valence-corrected chi connectivity index (χ0v) is 13.4. The van der Waals surface area contributed by atoms with E-state index in [0.717, 1.165) is 58.4 Å². The van der Waals surface area contributed by atoms with Crippen LogP contribution in [0.4, 0.5) is 0 Å². The summed E-state index contributed by atoms with van der Waals surface area (Å²) in [5.74, 6) is 0.946. The Hall–Kier alpha value is -1.82. The zero-order valence-electron chi connectivity index (χ0n) is 13.4. The highest BCUT2D eigenvalue weighted by Crippen LogP contribution is 2.23. The topological polar surface area (TPSA) is 79.8 Å². The van der Waals surface area contributed by atoms with Gasteiger partial charge in [0.05, 0.1) is 6.26 Å². The minimum absolute atomic E-state index is 0.00396. The Kier molecular flexibility index (Phi) is 5.00. The van der Waals surface area contributed by atoms with Crippen molar-refractivity contribution in [2.45, 2.75) is 25.7 Å². The van der Waals surface area contributed by atoms with Gasteiger partial charge in [-0.15, -0.1) is 0 Å². The molecule has 0 aromatic carbocycles. The van der Waals surface area contributed by atoms with Gasteiger partial charge < -0.3 is 20.0 Å². The summed E-state index contributed by atoms with van der Waals surface area (Å²) in [5.41, 5.74) is 5.38. The van der Waals surface area contributed by atoms with Gasteiger partial charge in [0.25, 0.3) is 5.91 Å². The van der Waals surface area contributed by atoms with Crippen molar-refractivity contribution in [3.05, 3.63) is 24.2 Å². The second-order valence-corrected chi connectivity index (χ2v) is 6.69. The summed E-state index contributed by atoms with van der Waals surface area (Å²) in [6.07, 6.45) is 5.36. The SMILES string of the molecule is NC(=O)C1CCN(CC2CCN(C(=O)c3ccco3)CC2)CC1. The molecular formula is C17H25N3O3. The number of hydrogen-bond donors (Lipinski definition) is 1. The van der Waals surface area contributed by atoms with Crippen molar-refractivity contribution in [1.82, 2.24) is 9.80 Å². The monoisotopic (exact) mass is 319 g/mol. The number of piperidine rings is 2. The molecule has 2 aliphatic rings. The largest absolute Gasteiger partial charge is 0.459 e. The fraction of sp³-hybridized carbons (Fsp3) is 0.647. The lowest BCUT2D eigenvalue weighted by Gasteiger charge is -2.37. The van der Waals surface area contributed by atoms with Crippen LogP contribution in [-0.2, 0) is 4.79 Å². The second-order valence-electron chi connectivity index (χ2n) is 6.69. The molecule has 2 fully saturated rings. The first-order valence-electron chi connectivity index (χ1n) is 8.48. The van der Waals surface area contributed by atoms with Gasteiger partial charge >= 0.3 is 0 Å². The minimum atomic E-state index is -0.158. The van der Waals surface area contributed by atoms with Gasteiger partial charge in [0, 0.05) is 25.6 Å². The number of nitrogens with zero attached hydrogens (tertiary/aromatic N) is 2. The number of amides is 2. The molecule has 0 saturated carbocycles. The summed E-state index contributed by atoms with van der Waals surface area (Å²) in [7, 11) is 0. The predicted molar refractivity (Wildman–Crippen MR) is 85.7 cm³/mol. The third kappa shape index (κ3) is 3.93. The van der Waals surface area contributed by atoms with Crippen LogP contribution >= 0.6 is 0 Å². The molecule has 6 heteroatoms. The fourth-order valence-electron chi connectivity index (χ4n) is 3.64. The maximum atomic E-state index is 12.2. The van der Waals surface area contributed by atoms with Gasteiger partial charge in [0.15, 0.2) is 5.76 Å². The van der Waals surface area contributed by atoms with Crippen molar-refractivity contribution < 1.29 is 14.0 Å². The molecule has 0 spiro atoms. The van der Waals surface area contributed by atoms with E-state index in [2.05, 4.69) is 4.90 Å². The van der Waals surface area contributed by atoms with Crippen LogP contribution in [0.2, 0.25) is 0 Å². The number of carbonyl (C=O) groups excluding carboxylic acids is 2. The molecule has 0 bridgehead atoms. The zero-order chi connectivity index (χ0) is 16.2. The van der Waals surface area contributed by atoms with Gasteiger partial charge in [-0.1, -0.05) is 0 Å². The molecule has 3 heterocycles. The number of nitrogens with two attached hydrogens (primary N) is 1. The number of carbonyl (C=O) groups is 2. The quantitative estimate of drug-likeness (QED) is 0.908. The maximum Gasteiger partial charge on any atom is 0.289 e. The van der Waals surface area contributed by atoms with Crippen molar-refractivity contribution in [3.63, 3.8) is 0 Å². The molecule has 0 unspecified atom stereocenters. The Morgan fingerprint density at radius 2 is 1.83 bits per heavy atom. The Labute approximate surface area is 136 Å². The first kappa shape index (κ1) is 16.1. The molecular weight excluding hydrogens is 294 g/mol. The standard InChI is InChI=1S/C17H25N3O3/c18-16(21)14-5-7-19(8-6-14)12-13-3-9-20(10-4-13)17(22)15-2-1-11-23-15/h1-2,11,13-14H,3-10,12H2,(H2,18,21). The van der Waals surface area contributed by atoms with E-state index in [-0.39, 0.29) is 17.7 Å². The second kappa shape index (κ2) is 7.17. The lowest BCUT2D eigenvalue weighted by atomic mass is 9.92. The Morgan fingerprint density at radius 3 is 2.39 bits per heavy atom. The highest BCUT2D eigenvalue weighted by molar-refractivity contribution is 5.91. The summed E-state index contributed by atoms with van der Waals surface area (Å²) in [6.45, 7) is 4.57. The van der Waals surface area contributed by atoms with E-state index in [1.54, 1.807) is 12.1 Å². The molecule has 0 aliphatic carbocycles. The van der Waals surface area contributed by atoms with Crippen molar-refractivity contribution >= 4 is 11.8 Å². The predicted octanol–water partition coefficient (Wildman–Crippen LogP) is 1.33. The van der Waals surface area contributed by atoms with Crippen LogP contribution in [-0.4, -0.2) is 54.3 Å². The maximum absolute atomic E-state index is 12.2. The van der Waals surface area contributed by atoms with Crippen LogP contribution in [0.1, 0.15) is 36.2 Å². The average Bonchev–Trinajstić information content (AvgIpc) is 3.10. The van der Waals surface area contributed by atoms with Crippen LogP contribution in [0.15, 0.2) is 22.8 Å². The van der Waals surface area contributed by atoms with Crippen molar-refractivity contribution in [3.8, 4) is 0 Å². The summed E-state index contributed by atoms with van der Waals surface area (Å²) < 4.78 is 5.19. The van der Waals surface area contributed by atoms with Gasteiger partial charge in [0.2, 0.25) is 5.91 Å². The number of likely N-dealkylation sites (tertiary alicyclic amines) is 2. The van der Waals surface area contributed by atoms with Crippen molar-refractivity contribution in [2.75, 3.05) is 32.7 Å². The molecule has 126 valence electrons. The number of rotatable bonds is 4. The Morgan fingerprint density at radius 1 is 1.13 bits per heavy atom. The highest BCUT2D eigenvalue weighted by atomic mass is 16.3. The van der Waals surface area contributed by atoms with E-state index >= 15 is 0 Å². The summed E-state index contributed by atoms with van der Waals surface area (Å²) in [6, 6.07) is 3.47. The molecule has 3 rings (SSSR count). The molecule has 2 saturated heterocycles. The van der Waals surface area contributed by atoms with E-state index in [1.807, 2.05) is 4.90 Å². The van der Waals surface area contributed by atoms with Crippen LogP contribution in [0.3, 0.4) is 0 Å². The molecule has 6 nitrogen and oxygen atoms in total. The molecule has 2 N–H and O–H groups in total. The summed E-state index contributed by atoms with van der Waals surface area (Å²) in [4.78, 5) is 27.8. The van der Waals surface area contributed by atoms with Gasteiger partial charge in [-0.3, -0.25) is 9.59 Å². The summed E-state index contributed by atoms with van der Waals surface area (Å²) in [5, 5.41) is 0. The first-order chi connectivity index (χ1) is 11.1. The van der Waals surface area contributed by atoms with Gasteiger partial charge in [-0.05, 0) is 56.8 Å². The molecule has 0 atom stereocenters. The van der Waals surface area contributed by atoms with E-state index in [1.165, 1.54) is 6.26 Å². The van der Waals surface area contributed by atoms with Crippen LogP contribution in [0, 0.1) is 11.8 Å². The highest BCUT2D eigenvalue weighted by Gasteiger charge is 2.28. The van der Waals surface area contributed by atoms with E-state index in [0.29, 0.717) is 11.7 Å². The Balaban J connectivity index is 1.41. The molecule has 23 heavy (non-hydrogen) atoms. The molecule has 1 aromatic heterocycles. The van der Waals surface area contributed by atoms with Crippen LogP contribution in [0.5, 0.6) is 0 Å². The van der Waals surface area contributed by atoms with Gasteiger partial charge in [0.1, 0.15) is 0 Å². The van der Waals surface area contributed by atoms with Crippen molar-refractivity contribution in [1.29, 1.82) is 0 Å². The molecule has 2 aliphatic heterocycles. The van der Waals surface area contributed by atoms with Crippen LogP contribution in [0.25, 0.3) is 0 Å². The smallest absolute Gasteiger partial charge is 0.289 e. The van der Waals surface area contributed by atoms with E-state index < -0.39 is 0 Å². The van der Waals surface area contributed by atoms with E-state index in [9.17, 15) is 9.59 Å². The molecule has 2 amide bonds. The minimum Gasteiger partial charge on any atom is -0.459 e. The lowest BCUT2D eigenvalue weighted by Crippen LogP contribution is -2.44. The normalized spacial score (nSPS) is 21.5. The van der Waals surface area contributed by atoms with Crippen molar-refractivity contribution in [2.24, 2.45) is 17.6 Å². The third-order valence-electron chi connectivity index (χ3n) is 5.14. The fourth-order valence-corrected chi connectivity index (χ4v) is 3.64. The lowest BCUT2D eigenvalue weighted by molar-refractivity contribution is -0.123. The number of hydrogen-bond acceptors (Lipinski definition) is 4. The average molecular weight is 319 g/mol.